The van der Waals surface area contributed by atoms with E-state index in [0.29, 0.717) is 157 Å². The van der Waals surface area contributed by atoms with Crippen molar-refractivity contribution in [3.05, 3.63) is 24.3 Å². The number of hydrogen-bond donors (Lipinski definition) is 1. The molecule has 1 aromatic carbocycles. The number of nitrogens with two attached hydrogens (primary N) is 1. The molecular formula is C34H62N2O13. The minimum atomic E-state index is -0.512. The highest BCUT2D eigenvalue weighted by Gasteiger charge is 2.19. The van der Waals surface area contributed by atoms with Gasteiger partial charge in [0, 0.05) is 13.6 Å². The summed E-state index contributed by atoms with van der Waals surface area (Å²) in [6.07, 6.45) is -0.366. The highest BCUT2D eigenvalue weighted by molar-refractivity contribution is 5.67. The molecule has 1 amide bonds. The van der Waals surface area contributed by atoms with Crippen molar-refractivity contribution < 1.29 is 61.6 Å². The summed E-state index contributed by atoms with van der Waals surface area (Å²) in [5, 5.41) is 0. The van der Waals surface area contributed by atoms with E-state index in [4.69, 9.17) is 62.6 Å². The van der Waals surface area contributed by atoms with Crippen LogP contribution < -0.4 is 10.5 Å². The third-order valence-corrected chi connectivity index (χ3v) is 6.03. The van der Waals surface area contributed by atoms with Crippen LogP contribution in [0.5, 0.6) is 5.75 Å². The quantitative estimate of drug-likeness (QED) is 0.0824. The Bertz CT molecular complexity index is 892. The Morgan fingerprint density at radius 3 is 1.16 bits per heavy atom. The highest BCUT2D eigenvalue weighted by Crippen LogP contribution is 2.19. The topological polar surface area (TPSA) is 157 Å². The van der Waals surface area contributed by atoms with Crippen molar-refractivity contribution in [2.75, 3.05) is 158 Å². The number of likely N-dealkylation sites (N-methyl/N-ethyl adjacent to an activating group) is 1. The van der Waals surface area contributed by atoms with E-state index in [1.165, 1.54) is 4.90 Å². The molecule has 0 saturated carbocycles. The molecule has 1 rings (SSSR count). The lowest BCUT2D eigenvalue weighted by atomic mass is 10.2. The van der Waals surface area contributed by atoms with Crippen LogP contribution in [0.25, 0.3) is 0 Å². The summed E-state index contributed by atoms with van der Waals surface area (Å²) in [7, 11) is 1.68. The fraction of sp³-hybridized carbons (Fsp3) is 0.794. The Kier molecular flexibility index (Phi) is 28.9. The van der Waals surface area contributed by atoms with Gasteiger partial charge in [0.15, 0.2) is 0 Å². The van der Waals surface area contributed by atoms with Gasteiger partial charge in [0.2, 0.25) is 0 Å². The smallest absolute Gasteiger partial charge is 0.410 e. The van der Waals surface area contributed by atoms with Crippen LogP contribution in [0.15, 0.2) is 24.3 Å². The monoisotopic (exact) mass is 706 g/mol. The second-order valence-electron chi connectivity index (χ2n) is 11.4. The zero-order chi connectivity index (χ0) is 35.7. The van der Waals surface area contributed by atoms with E-state index in [2.05, 4.69) is 0 Å². The Balaban J connectivity index is 1.67. The van der Waals surface area contributed by atoms with Crippen LogP contribution in [0, 0.1) is 0 Å². The van der Waals surface area contributed by atoms with Crippen molar-refractivity contribution in [3.8, 4) is 5.75 Å². The maximum absolute atomic E-state index is 11.9. The molecule has 0 unspecified atom stereocenters. The number of para-hydroxylation sites is 2. The summed E-state index contributed by atoms with van der Waals surface area (Å²) in [5.41, 5.74) is 5.92. The summed E-state index contributed by atoms with van der Waals surface area (Å²) in [6.45, 7) is 16.0. The summed E-state index contributed by atoms with van der Waals surface area (Å²) in [6, 6.07) is 7.37. The summed E-state index contributed by atoms with van der Waals surface area (Å²) < 4.78 is 65.6. The standard InChI is InChI=1S/C34H62N2O13/c1-34(2,3)49-33(37)36(4)9-10-38-11-12-39-13-14-40-15-16-41-17-18-42-19-20-43-21-22-44-23-24-45-25-26-46-27-28-47-29-30-48-32-8-6-5-7-31(32)35/h5-8H,9-30,35H2,1-4H3. The second kappa shape index (κ2) is 31.7. The fourth-order valence-electron chi connectivity index (χ4n) is 3.54. The number of ether oxygens (including phenoxy) is 12. The molecule has 15 heteroatoms. The first-order valence-electron chi connectivity index (χ1n) is 17.0. The van der Waals surface area contributed by atoms with Crippen molar-refractivity contribution in [2.24, 2.45) is 0 Å². The molecule has 49 heavy (non-hydrogen) atoms. The van der Waals surface area contributed by atoms with E-state index in [1.807, 2.05) is 39.0 Å². The zero-order valence-electron chi connectivity index (χ0n) is 30.2. The van der Waals surface area contributed by atoms with E-state index < -0.39 is 5.60 Å². The molecule has 0 radical (unpaired) electrons. The molecule has 0 bridgehead atoms. The first-order chi connectivity index (χ1) is 23.8. The van der Waals surface area contributed by atoms with E-state index in [0.717, 1.165) is 0 Å². The Labute approximate surface area is 292 Å². The predicted molar refractivity (Wildman–Crippen MR) is 183 cm³/mol. The number of carbonyl (C=O) groups is 1. The predicted octanol–water partition coefficient (Wildman–Crippen LogP) is 2.68. The minimum absolute atomic E-state index is 0.366. The normalized spacial score (nSPS) is 11.6. The van der Waals surface area contributed by atoms with E-state index in [9.17, 15) is 4.79 Å². The number of hydrogen-bond acceptors (Lipinski definition) is 14. The van der Waals surface area contributed by atoms with E-state index in [-0.39, 0.29) is 6.09 Å². The zero-order valence-corrected chi connectivity index (χ0v) is 30.2. The van der Waals surface area contributed by atoms with Crippen molar-refractivity contribution in [3.63, 3.8) is 0 Å². The van der Waals surface area contributed by atoms with Crippen LogP contribution in [0.1, 0.15) is 20.8 Å². The lowest BCUT2D eigenvalue weighted by Crippen LogP contribution is -2.36. The molecule has 0 atom stereocenters. The Morgan fingerprint density at radius 2 is 0.837 bits per heavy atom. The summed E-state index contributed by atoms with van der Waals surface area (Å²) in [5.74, 6) is 0.665. The van der Waals surface area contributed by atoms with Crippen LogP contribution in [0.4, 0.5) is 10.5 Å². The average Bonchev–Trinajstić information content (AvgIpc) is 3.06. The molecule has 0 aliphatic carbocycles. The van der Waals surface area contributed by atoms with Gasteiger partial charge in [0.05, 0.1) is 138 Å². The molecule has 0 spiro atoms. The molecule has 0 saturated heterocycles. The molecule has 0 aliphatic rings. The number of rotatable bonds is 34. The molecule has 15 nitrogen and oxygen atoms in total. The van der Waals surface area contributed by atoms with Gasteiger partial charge < -0.3 is 67.5 Å². The van der Waals surface area contributed by atoms with Crippen LogP contribution >= 0.6 is 0 Å². The number of nitrogens with zero attached hydrogens (tertiary/aromatic N) is 1. The summed E-state index contributed by atoms with van der Waals surface area (Å²) in [4.78, 5) is 13.3. The second-order valence-corrected chi connectivity index (χ2v) is 11.4. The van der Waals surface area contributed by atoms with Crippen molar-refractivity contribution in [1.29, 1.82) is 0 Å². The van der Waals surface area contributed by atoms with Gasteiger partial charge in [-0.15, -0.1) is 0 Å². The molecule has 286 valence electrons. The lowest BCUT2D eigenvalue weighted by Gasteiger charge is -2.24. The lowest BCUT2D eigenvalue weighted by molar-refractivity contribution is -0.0269. The van der Waals surface area contributed by atoms with Gasteiger partial charge in [-0.2, -0.15) is 0 Å². The number of anilines is 1. The van der Waals surface area contributed by atoms with Gasteiger partial charge in [-0.05, 0) is 32.9 Å². The van der Waals surface area contributed by atoms with Crippen molar-refractivity contribution in [2.45, 2.75) is 26.4 Å². The molecule has 1 aromatic rings. The minimum Gasteiger partial charge on any atom is -0.489 e. The molecule has 0 aromatic heterocycles. The van der Waals surface area contributed by atoms with Gasteiger partial charge in [-0.3, -0.25) is 0 Å². The average molecular weight is 707 g/mol. The highest BCUT2D eigenvalue weighted by atomic mass is 16.6. The van der Waals surface area contributed by atoms with Crippen molar-refractivity contribution >= 4 is 11.8 Å². The van der Waals surface area contributed by atoms with Crippen molar-refractivity contribution in [1.82, 2.24) is 4.90 Å². The first-order valence-corrected chi connectivity index (χ1v) is 17.0. The van der Waals surface area contributed by atoms with Gasteiger partial charge in [-0.1, -0.05) is 12.1 Å². The third kappa shape index (κ3) is 30.3. The molecule has 2 N–H and O–H groups in total. The summed E-state index contributed by atoms with van der Waals surface area (Å²) >= 11 is 0. The van der Waals surface area contributed by atoms with Gasteiger partial charge in [-0.25, -0.2) is 4.79 Å². The van der Waals surface area contributed by atoms with Crippen LogP contribution in [-0.2, 0) is 52.1 Å². The Morgan fingerprint density at radius 1 is 0.531 bits per heavy atom. The number of benzene rings is 1. The van der Waals surface area contributed by atoms with Gasteiger partial charge in [0.25, 0.3) is 0 Å². The maximum atomic E-state index is 11.9. The largest absolute Gasteiger partial charge is 0.489 e. The third-order valence-electron chi connectivity index (χ3n) is 6.03. The van der Waals surface area contributed by atoms with E-state index in [1.54, 1.807) is 13.1 Å². The molecule has 0 fully saturated rings. The molecular weight excluding hydrogens is 644 g/mol. The van der Waals surface area contributed by atoms with Crippen LogP contribution in [0.3, 0.4) is 0 Å². The number of carbonyl (C=O) groups excluding carboxylic acids is 1. The van der Waals surface area contributed by atoms with Crippen LogP contribution in [0.2, 0.25) is 0 Å². The first kappa shape index (κ1) is 44.7. The van der Waals surface area contributed by atoms with Gasteiger partial charge in [0.1, 0.15) is 18.0 Å². The molecule has 0 heterocycles. The SMILES string of the molecule is CN(CCOCCOCCOCCOCCOCCOCCOCCOCCOCCOCCOc1ccccc1N)C(=O)OC(C)(C)C. The maximum Gasteiger partial charge on any atom is 0.410 e. The number of amides is 1. The van der Waals surface area contributed by atoms with E-state index >= 15 is 0 Å². The van der Waals surface area contributed by atoms with Gasteiger partial charge >= 0.3 is 6.09 Å². The Hall–Kier alpha value is -2.31. The number of nitrogen functional groups attached to an aromatic ring is 1. The van der Waals surface area contributed by atoms with Crippen LogP contribution in [-0.4, -0.2) is 169 Å². The molecule has 0 aliphatic heterocycles. The fourth-order valence-corrected chi connectivity index (χ4v) is 3.54.